The van der Waals surface area contributed by atoms with Crippen LogP contribution in [0, 0.1) is 6.92 Å². The van der Waals surface area contributed by atoms with Crippen LogP contribution in [-0.2, 0) is 5.41 Å². The van der Waals surface area contributed by atoms with Gasteiger partial charge in [-0.1, -0.05) is 29.8 Å². The van der Waals surface area contributed by atoms with Gasteiger partial charge >= 0.3 is 6.03 Å². The lowest BCUT2D eigenvalue weighted by Crippen LogP contribution is -2.35. The maximum Gasteiger partial charge on any atom is 0.319 e. The molecule has 1 saturated heterocycles. The predicted molar refractivity (Wildman–Crippen MR) is 107 cm³/mol. The summed E-state index contributed by atoms with van der Waals surface area (Å²) in [4.78, 5) is 14.7. The van der Waals surface area contributed by atoms with Gasteiger partial charge in [0.25, 0.3) is 0 Å². The summed E-state index contributed by atoms with van der Waals surface area (Å²) >= 11 is 0. The second-order valence-corrected chi connectivity index (χ2v) is 7.70. The molecule has 4 heteroatoms. The third-order valence-electron chi connectivity index (χ3n) is 5.70. The topological polar surface area (TPSA) is 44.4 Å². The summed E-state index contributed by atoms with van der Waals surface area (Å²) in [5.41, 5.74) is 4.81. The van der Waals surface area contributed by atoms with Crippen LogP contribution in [0.15, 0.2) is 48.5 Å². The summed E-state index contributed by atoms with van der Waals surface area (Å²) in [5, 5.41) is 6.01. The van der Waals surface area contributed by atoms with Crippen molar-refractivity contribution in [2.75, 3.05) is 29.9 Å². The minimum Gasteiger partial charge on any atom is -0.372 e. The number of amides is 2. The molecule has 1 aliphatic heterocycles. The minimum absolute atomic E-state index is 0.127. The first-order chi connectivity index (χ1) is 12.6. The first kappa shape index (κ1) is 17.0. The summed E-state index contributed by atoms with van der Waals surface area (Å²) in [6.07, 6.45) is 4.82. The quantitative estimate of drug-likeness (QED) is 0.838. The number of nitrogens with zero attached hydrogens (tertiary/aromatic N) is 1. The van der Waals surface area contributed by atoms with E-state index in [0.29, 0.717) is 6.54 Å². The molecule has 0 bridgehead atoms. The standard InChI is InChI=1S/C22H27N3O/c1-17-4-6-18(7-5-17)22(12-13-22)16-23-21(26)24-19-8-10-20(11-9-19)25-14-2-3-15-25/h4-11H,2-3,12-16H2,1H3,(H2,23,24,26). The zero-order valence-corrected chi connectivity index (χ0v) is 15.4. The van der Waals surface area contributed by atoms with Crippen molar-refractivity contribution in [2.24, 2.45) is 0 Å². The lowest BCUT2D eigenvalue weighted by molar-refractivity contribution is 0.251. The average molecular weight is 349 g/mol. The van der Waals surface area contributed by atoms with Crippen molar-refractivity contribution in [1.29, 1.82) is 0 Å². The van der Waals surface area contributed by atoms with Gasteiger partial charge < -0.3 is 15.5 Å². The van der Waals surface area contributed by atoms with E-state index in [4.69, 9.17) is 0 Å². The van der Waals surface area contributed by atoms with Gasteiger partial charge in [0.15, 0.2) is 0 Å². The van der Waals surface area contributed by atoms with E-state index in [0.717, 1.165) is 31.6 Å². The van der Waals surface area contributed by atoms with Gasteiger partial charge in [0, 0.05) is 36.4 Å². The molecule has 1 aliphatic carbocycles. The van der Waals surface area contributed by atoms with Gasteiger partial charge in [-0.15, -0.1) is 0 Å². The molecule has 2 aromatic carbocycles. The maximum absolute atomic E-state index is 12.3. The Balaban J connectivity index is 1.30. The second kappa shape index (κ2) is 7.02. The van der Waals surface area contributed by atoms with Gasteiger partial charge in [-0.25, -0.2) is 4.79 Å². The lowest BCUT2D eigenvalue weighted by atomic mass is 9.95. The van der Waals surface area contributed by atoms with Crippen LogP contribution in [0.3, 0.4) is 0 Å². The monoisotopic (exact) mass is 349 g/mol. The van der Waals surface area contributed by atoms with Crippen LogP contribution in [0.4, 0.5) is 16.2 Å². The van der Waals surface area contributed by atoms with Crippen LogP contribution in [0.2, 0.25) is 0 Å². The van der Waals surface area contributed by atoms with E-state index < -0.39 is 0 Å². The Hall–Kier alpha value is -2.49. The third kappa shape index (κ3) is 3.69. The molecule has 0 radical (unpaired) electrons. The molecule has 1 heterocycles. The Bertz CT molecular complexity index is 757. The predicted octanol–water partition coefficient (Wildman–Crippen LogP) is 4.45. The van der Waals surface area contributed by atoms with Gasteiger partial charge in [-0.2, -0.15) is 0 Å². The molecule has 2 N–H and O–H groups in total. The van der Waals surface area contributed by atoms with E-state index in [1.54, 1.807) is 0 Å². The molecule has 4 rings (SSSR count). The van der Waals surface area contributed by atoms with Gasteiger partial charge in [0.05, 0.1) is 0 Å². The average Bonchev–Trinajstić information content (AvgIpc) is 3.24. The second-order valence-electron chi connectivity index (χ2n) is 7.70. The summed E-state index contributed by atoms with van der Waals surface area (Å²) in [6, 6.07) is 16.7. The number of hydrogen-bond acceptors (Lipinski definition) is 2. The largest absolute Gasteiger partial charge is 0.372 e. The molecule has 0 spiro atoms. The smallest absolute Gasteiger partial charge is 0.319 e. The highest BCUT2D eigenvalue weighted by molar-refractivity contribution is 5.89. The minimum atomic E-state index is -0.127. The number of carbonyl (C=O) groups is 1. The van der Waals surface area contributed by atoms with Crippen LogP contribution in [-0.4, -0.2) is 25.7 Å². The van der Waals surface area contributed by atoms with Gasteiger partial charge in [0.1, 0.15) is 0 Å². The molecule has 4 nitrogen and oxygen atoms in total. The fraction of sp³-hybridized carbons (Fsp3) is 0.409. The Morgan fingerprint density at radius 3 is 2.27 bits per heavy atom. The Kier molecular flexibility index (Phi) is 4.58. The molecule has 1 saturated carbocycles. The molecule has 0 atom stereocenters. The summed E-state index contributed by atoms with van der Waals surface area (Å²) in [7, 11) is 0. The van der Waals surface area contributed by atoms with Crippen molar-refractivity contribution < 1.29 is 4.79 Å². The molecule has 2 aromatic rings. The number of aryl methyl sites for hydroxylation is 1. The summed E-state index contributed by atoms with van der Waals surface area (Å²) in [5.74, 6) is 0. The highest BCUT2D eigenvalue weighted by Gasteiger charge is 2.44. The molecule has 2 amide bonds. The van der Waals surface area contributed by atoms with Crippen molar-refractivity contribution in [3.8, 4) is 0 Å². The number of urea groups is 1. The molecule has 0 aromatic heterocycles. The van der Waals surface area contributed by atoms with Gasteiger partial charge in [-0.05, 0) is 62.4 Å². The van der Waals surface area contributed by atoms with Crippen molar-refractivity contribution in [2.45, 2.75) is 38.0 Å². The molecular weight excluding hydrogens is 322 g/mol. The Morgan fingerprint density at radius 1 is 1.00 bits per heavy atom. The number of nitrogens with one attached hydrogen (secondary N) is 2. The number of hydrogen-bond donors (Lipinski definition) is 2. The summed E-state index contributed by atoms with van der Waals surface area (Å²) < 4.78 is 0. The van der Waals surface area contributed by atoms with E-state index in [2.05, 4.69) is 58.9 Å². The van der Waals surface area contributed by atoms with Crippen LogP contribution in [0.25, 0.3) is 0 Å². The third-order valence-corrected chi connectivity index (χ3v) is 5.70. The Labute approximate surface area is 155 Å². The maximum atomic E-state index is 12.3. The summed E-state index contributed by atoms with van der Waals surface area (Å²) in [6.45, 7) is 5.06. The number of benzene rings is 2. The fourth-order valence-electron chi connectivity index (χ4n) is 3.78. The first-order valence-corrected chi connectivity index (χ1v) is 9.62. The fourth-order valence-corrected chi connectivity index (χ4v) is 3.78. The number of anilines is 2. The molecular formula is C22H27N3O. The van der Waals surface area contributed by atoms with Crippen LogP contribution < -0.4 is 15.5 Å². The molecule has 2 fully saturated rings. The number of rotatable bonds is 5. The van der Waals surface area contributed by atoms with Crippen LogP contribution >= 0.6 is 0 Å². The lowest BCUT2D eigenvalue weighted by Gasteiger charge is -2.19. The van der Waals surface area contributed by atoms with Crippen molar-refractivity contribution in [3.05, 3.63) is 59.7 Å². The molecule has 0 unspecified atom stereocenters. The van der Waals surface area contributed by atoms with Crippen molar-refractivity contribution in [3.63, 3.8) is 0 Å². The highest BCUT2D eigenvalue weighted by Crippen LogP contribution is 2.47. The molecule has 136 valence electrons. The normalized spacial score (nSPS) is 17.8. The van der Waals surface area contributed by atoms with E-state index in [9.17, 15) is 4.79 Å². The zero-order valence-electron chi connectivity index (χ0n) is 15.4. The van der Waals surface area contributed by atoms with Crippen LogP contribution in [0.5, 0.6) is 0 Å². The molecule has 26 heavy (non-hydrogen) atoms. The van der Waals surface area contributed by atoms with E-state index >= 15 is 0 Å². The first-order valence-electron chi connectivity index (χ1n) is 9.62. The molecule has 2 aliphatic rings. The van der Waals surface area contributed by atoms with Crippen molar-refractivity contribution in [1.82, 2.24) is 5.32 Å². The van der Waals surface area contributed by atoms with Crippen LogP contribution in [0.1, 0.15) is 36.8 Å². The number of carbonyl (C=O) groups excluding carboxylic acids is 1. The van der Waals surface area contributed by atoms with E-state index in [1.165, 1.54) is 29.7 Å². The highest BCUT2D eigenvalue weighted by atomic mass is 16.2. The van der Waals surface area contributed by atoms with E-state index in [-0.39, 0.29) is 11.4 Å². The van der Waals surface area contributed by atoms with Gasteiger partial charge in [0.2, 0.25) is 0 Å². The van der Waals surface area contributed by atoms with Crippen molar-refractivity contribution >= 4 is 17.4 Å². The van der Waals surface area contributed by atoms with Gasteiger partial charge in [-0.3, -0.25) is 0 Å². The SMILES string of the molecule is Cc1ccc(C2(CNC(=O)Nc3ccc(N4CCCC4)cc3)CC2)cc1. The zero-order chi connectivity index (χ0) is 18.0. The van der Waals surface area contributed by atoms with E-state index in [1.807, 2.05) is 12.1 Å². The Morgan fingerprint density at radius 2 is 1.65 bits per heavy atom.